The fourth-order valence-electron chi connectivity index (χ4n) is 4.24. The van der Waals surface area contributed by atoms with Gasteiger partial charge in [-0.15, -0.1) is 0 Å². The summed E-state index contributed by atoms with van der Waals surface area (Å²) in [6.45, 7) is 6.60. The van der Waals surface area contributed by atoms with Crippen LogP contribution in [-0.2, 0) is 17.7 Å². The molecule has 31 heavy (non-hydrogen) atoms. The summed E-state index contributed by atoms with van der Waals surface area (Å²) < 4.78 is 7.21. The maximum atomic E-state index is 13.1. The number of anilines is 1. The third kappa shape index (κ3) is 5.05. The number of hydrogen-bond acceptors (Lipinski definition) is 3. The molecule has 1 aliphatic rings. The van der Waals surface area contributed by atoms with Gasteiger partial charge in [0.05, 0.1) is 0 Å². The fraction of sp³-hybridized carbons (Fsp3) is 0.385. The van der Waals surface area contributed by atoms with Gasteiger partial charge in [-0.1, -0.05) is 32.0 Å². The molecule has 2 heterocycles. The number of carbonyl (C=O) groups is 1. The lowest BCUT2D eigenvalue weighted by Crippen LogP contribution is -2.27. The summed E-state index contributed by atoms with van der Waals surface area (Å²) >= 11 is 0. The van der Waals surface area contributed by atoms with Crippen LogP contribution in [0.4, 0.5) is 5.69 Å². The van der Waals surface area contributed by atoms with E-state index in [1.807, 2.05) is 54.7 Å². The summed E-state index contributed by atoms with van der Waals surface area (Å²) in [6.07, 6.45) is 4.80. The van der Waals surface area contributed by atoms with E-state index in [1.165, 1.54) is 5.56 Å². The first-order valence-electron chi connectivity index (χ1n) is 11.1. The summed E-state index contributed by atoms with van der Waals surface area (Å²) in [4.78, 5) is 25.9. The topological polar surface area (TPSA) is 60.3 Å². The number of rotatable bonds is 6. The number of nitrogens with one attached hydrogen (secondary N) is 1. The number of aromatic nitrogens is 1. The molecule has 0 saturated carbocycles. The van der Waals surface area contributed by atoms with Gasteiger partial charge in [0, 0.05) is 48.0 Å². The molecule has 5 nitrogen and oxygen atoms in total. The van der Waals surface area contributed by atoms with E-state index in [0.29, 0.717) is 35.0 Å². The van der Waals surface area contributed by atoms with Crippen molar-refractivity contribution in [2.24, 2.45) is 11.8 Å². The number of benzene rings is 2. The first-order valence-corrected chi connectivity index (χ1v) is 11.1. The predicted octanol–water partition coefficient (Wildman–Crippen LogP) is 4.88. The maximum absolute atomic E-state index is 13.1. The Balaban J connectivity index is 1.54. The Morgan fingerprint density at radius 2 is 1.81 bits per heavy atom. The van der Waals surface area contributed by atoms with Crippen molar-refractivity contribution >= 4 is 22.4 Å². The lowest BCUT2D eigenvalue weighted by Gasteiger charge is -2.23. The van der Waals surface area contributed by atoms with Gasteiger partial charge in [-0.3, -0.25) is 9.59 Å². The number of pyridine rings is 1. The molecule has 0 unspecified atom stereocenters. The van der Waals surface area contributed by atoms with Crippen LogP contribution in [0.1, 0.15) is 42.6 Å². The van der Waals surface area contributed by atoms with E-state index in [0.717, 1.165) is 37.9 Å². The number of hydrogen-bond donors (Lipinski definition) is 1. The second-order valence-electron chi connectivity index (χ2n) is 8.84. The third-order valence-corrected chi connectivity index (χ3v) is 5.92. The molecule has 0 aliphatic carbocycles. The smallest absolute Gasteiger partial charge is 0.258 e. The zero-order valence-electron chi connectivity index (χ0n) is 18.3. The maximum Gasteiger partial charge on any atom is 0.258 e. The standard InChI is InChI=1S/C26H30N2O3/c1-18(2)16-19-6-8-21(9-7-19)25(29)27-24-5-3-4-23-22(24)10-13-28(26(23)30)17-20-11-14-31-15-12-20/h3-10,13,18,20H,11-12,14-17H2,1-2H3,(H,27,29). The molecule has 1 saturated heterocycles. The van der Waals surface area contributed by atoms with Crippen molar-refractivity contribution in [3.8, 4) is 0 Å². The fourth-order valence-corrected chi connectivity index (χ4v) is 4.24. The molecule has 162 valence electrons. The summed E-state index contributed by atoms with van der Waals surface area (Å²) in [7, 11) is 0. The molecule has 1 amide bonds. The second kappa shape index (κ2) is 9.48. The quantitative estimate of drug-likeness (QED) is 0.621. The first-order chi connectivity index (χ1) is 15.0. The highest BCUT2D eigenvalue weighted by Crippen LogP contribution is 2.23. The minimum Gasteiger partial charge on any atom is -0.381 e. The van der Waals surface area contributed by atoms with E-state index in [2.05, 4.69) is 19.2 Å². The molecule has 1 fully saturated rings. The van der Waals surface area contributed by atoms with Gasteiger partial charge in [0.2, 0.25) is 0 Å². The molecule has 3 aromatic rings. The van der Waals surface area contributed by atoms with Crippen LogP contribution in [0.25, 0.3) is 10.8 Å². The molecule has 1 aromatic heterocycles. The highest BCUT2D eigenvalue weighted by molar-refractivity contribution is 6.09. The zero-order valence-corrected chi connectivity index (χ0v) is 18.3. The third-order valence-electron chi connectivity index (χ3n) is 5.92. The predicted molar refractivity (Wildman–Crippen MR) is 125 cm³/mol. The van der Waals surface area contributed by atoms with Gasteiger partial charge in [0.25, 0.3) is 11.5 Å². The molecule has 5 heteroatoms. The summed E-state index contributed by atoms with van der Waals surface area (Å²) in [5.74, 6) is 0.867. The van der Waals surface area contributed by atoms with E-state index >= 15 is 0 Å². The van der Waals surface area contributed by atoms with Crippen LogP contribution >= 0.6 is 0 Å². The second-order valence-corrected chi connectivity index (χ2v) is 8.84. The summed E-state index contributed by atoms with van der Waals surface area (Å²) in [5.41, 5.74) is 2.47. The molecule has 4 rings (SSSR count). The molecule has 0 radical (unpaired) electrons. The Bertz CT molecular complexity index is 1110. The first kappa shape index (κ1) is 21.3. The van der Waals surface area contributed by atoms with Crippen molar-refractivity contribution < 1.29 is 9.53 Å². The number of fused-ring (bicyclic) bond motifs is 1. The van der Waals surface area contributed by atoms with Gasteiger partial charge in [0.1, 0.15) is 0 Å². The van der Waals surface area contributed by atoms with Crippen LogP contribution in [0.2, 0.25) is 0 Å². The highest BCUT2D eigenvalue weighted by atomic mass is 16.5. The van der Waals surface area contributed by atoms with Crippen LogP contribution < -0.4 is 10.9 Å². The van der Waals surface area contributed by atoms with Gasteiger partial charge in [0.15, 0.2) is 0 Å². The molecule has 0 spiro atoms. The van der Waals surface area contributed by atoms with Crippen LogP contribution in [0, 0.1) is 11.8 Å². The van der Waals surface area contributed by atoms with Crippen LogP contribution in [-0.4, -0.2) is 23.7 Å². The highest BCUT2D eigenvalue weighted by Gasteiger charge is 2.16. The average molecular weight is 419 g/mol. The Labute approximate surface area is 183 Å². The lowest BCUT2D eigenvalue weighted by molar-refractivity contribution is 0.0610. The number of nitrogens with zero attached hydrogens (tertiary/aromatic N) is 1. The van der Waals surface area contributed by atoms with E-state index < -0.39 is 0 Å². The van der Waals surface area contributed by atoms with Crippen molar-refractivity contribution in [3.05, 3.63) is 76.2 Å². The zero-order chi connectivity index (χ0) is 21.8. The van der Waals surface area contributed by atoms with E-state index in [9.17, 15) is 9.59 Å². The molecule has 1 N–H and O–H groups in total. The largest absolute Gasteiger partial charge is 0.381 e. The molecule has 0 atom stereocenters. The van der Waals surface area contributed by atoms with Gasteiger partial charge in [-0.05, 0) is 67.0 Å². The Morgan fingerprint density at radius 1 is 1.06 bits per heavy atom. The summed E-state index contributed by atoms with van der Waals surface area (Å²) in [5, 5.41) is 4.37. The number of carbonyl (C=O) groups excluding carboxylic acids is 1. The van der Waals surface area contributed by atoms with Crippen molar-refractivity contribution in [3.63, 3.8) is 0 Å². The lowest BCUT2D eigenvalue weighted by atomic mass is 10.00. The van der Waals surface area contributed by atoms with Crippen LogP contribution in [0.3, 0.4) is 0 Å². The van der Waals surface area contributed by atoms with Gasteiger partial charge >= 0.3 is 0 Å². The molecular formula is C26H30N2O3. The summed E-state index contributed by atoms with van der Waals surface area (Å²) in [6, 6.07) is 15.2. The van der Waals surface area contributed by atoms with E-state index in [4.69, 9.17) is 4.74 Å². The van der Waals surface area contributed by atoms with E-state index in [-0.39, 0.29) is 11.5 Å². The van der Waals surface area contributed by atoms with Gasteiger partial charge in [-0.25, -0.2) is 0 Å². The number of ether oxygens (including phenoxy) is 1. The Hall–Kier alpha value is -2.92. The molecular weight excluding hydrogens is 388 g/mol. The average Bonchev–Trinajstić information content (AvgIpc) is 2.77. The number of amides is 1. The van der Waals surface area contributed by atoms with Crippen molar-refractivity contribution in [1.82, 2.24) is 4.57 Å². The van der Waals surface area contributed by atoms with Crippen LogP contribution in [0.5, 0.6) is 0 Å². The van der Waals surface area contributed by atoms with Crippen molar-refractivity contribution in [1.29, 1.82) is 0 Å². The molecule has 1 aliphatic heterocycles. The minimum absolute atomic E-state index is 0.0156. The normalized spacial score (nSPS) is 14.8. The van der Waals surface area contributed by atoms with Gasteiger partial charge in [-0.2, -0.15) is 0 Å². The van der Waals surface area contributed by atoms with Crippen molar-refractivity contribution in [2.45, 2.75) is 39.7 Å². The molecule has 2 aromatic carbocycles. The molecule has 0 bridgehead atoms. The monoisotopic (exact) mass is 418 g/mol. The SMILES string of the molecule is CC(C)Cc1ccc(C(=O)Nc2cccc3c(=O)n(CC4CCOCC4)ccc23)cc1. The Morgan fingerprint density at radius 3 is 2.52 bits per heavy atom. The van der Waals surface area contributed by atoms with Gasteiger partial charge < -0.3 is 14.6 Å². The van der Waals surface area contributed by atoms with E-state index in [1.54, 1.807) is 4.57 Å². The van der Waals surface area contributed by atoms with Crippen molar-refractivity contribution in [2.75, 3.05) is 18.5 Å². The minimum atomic E-state index is -0.171. The Kier molecular flexibility index (Phi) is 6.52. The van der Waals surface area contributed by atoms with Crippen LogP contribution in [0.15, 0.2) is 59.5 Å².